The van der Waals surface area contributed by atoms with Gasteiger partial charge in [0.05, 0.1) is 6.42 Å². The van der Waals surface area contributed by atoms with E-state index in [1.165, 1.54) is 0 Å². The molecule has 0 unspecified atom stereocenters. The number of H-pyrrole nitrogens is 1. The number of rotatable bonds is 8. The molecule has 0 radical (unpaired) electrons. The molecule has 0 aliphatic carbocycles. The summed E-state index contributed by atoms with van der Waals surface area (Å²) in [5.74, 6) is -1.49. The summed E-state index contributed by atoms with van der Waals surface area (Å²) in [6, 6.07) is 7.66. The van der Waals surface area contributed by atoms with Crippen LogP contribution < -0.4 is 16.0 Å². The van der Waals surface area contributed by atoms with Gasteiger partial charge in [-0.3, -0.25) is 20.0 Å². The first kappa shape index (κ1) is 19.5. The van der Waals surface area contributed by atoms with Gasteiger partial charge < -0.3 is 15.7 Å². The van der Waals surface area contributed by atoms with Crippen molar-refractivity contribution in [2.75, 3.05) is 11.9 Å². The zero-order valence-corrected chi connectivity index (χ0v) is 15.2. The van der Waals surface area contributed by atoms with Crippen LogP contribution in [-0.4, -0.2) is 45.8 Å². The fourth-order valence-electron chi connectivity index (χ4n) is 2.05. The van der Waals surface area contributed by atoms with Gasteiger partial charge in [-0.25, -0.2) is 4.79 Å². The van der Waals surface area contributed by atoms with Crippen LogP contribution in [0.25, 0.3) is 0 Å². The number of carboxylic acids is 1. The highest BCUT2D eigenvalue weighted by molar-refractivity contribution is 7.73. The summed E-state index contributed by atoms with van der Waals surface area (Å²) in [5.41, 5.74) is 0.849. The quantitative estimate of drug-likeness (QED) is 0.430. The van der Waals surface area contributed by atoms with Gasteiger partial charge in [0.1, 0.15) is 6.04 Å². The van der Waals surface area contributed by atoms with Crippen molar-refractivity contribution in [1.82, 2.24) is 20.8 Å². The van der Waals surface area contributed by atoms with Gasteiger partial charge in [-0.05, 0) is 17.8 Å². The van der Waals surface area contributed by atoms with Gasteiger partial charge in [-0.1, -0.05) is 41.7 Å². The van der Waals surface area contributed by atoms with Crippen molar-refractivity contribution in [2.24, 2.45) is 0 Å². The van der Waals surface area contributed by atoms with Gasteiger partial charge in [-0.2, -0.15) is 0 Å². The van der Waals surface area contributed by atoms with Crippen LogP contribution in [0.2, 0.25) is 0 Å². The molecule has 0 bridgehead atoms. The van der Waals surface area contributed by atoms with Crippen LogP contribution in [-0.2, 0) is 16.0 Å². The number of carbonyl (C=O) groups excluding carboxylic acids is 2. The van der Waals surface area contributed by atoms with Crippen LogP contribution in [0.3, 0.4) is 0 Å². The molecule has 138 valence electrons. The number of urea groups is 1. The van der Waals surface area contributed by atoms with Crippen molar-refractivity contribution in [2.45, 2.75) is 18.9 Å². The molecule has 0 aliphatic rings. The van der Waals surface area contributed by atoms with E-state index in [0.717, 1.165) is 16.9 Å². The number of carbonyl (C=O) groups is 3. The molecule has 1 heterocycles. The first-order valence-corrected chi connectivity index (χ1v) is 8.83. The maximum Gasteiger partial charge on any atom is 0.321 e. The lowest BCUT2D eigenvalue weighted by atomic mass is 10.1. The van der Waals surface area contributed by atoms with Crippen molar-refractivity contribution in [1.29, 1.82) is 0 Å². The summed E-state index contributed by atoms with van der Waals surface area (Å²) in [4.78, 5) is 35.0. The SMILES string of the molecule is O=C(O)CCNC(=O)[C@H](Cc1ccccc1)NC(=O)Nc1n[nH]c(=S)s1. The van der Waals surface area contributed by atoms with Crippen LogP contribution in [0.4, 0.5) is 9.93 Å². The van der Waals surface area contributed by atoms with E-state index in [1.807, 2.05) is 30.3 Å². The molecule has 0 saturated carbocycles. The molecule has 2 rings (SSSR count). The van der Waals surface area contributed by atoms with Crippen molar-refractivity contribution in [3.05, 3.63) is 39.8 Å². The predicted octanol–water partition coefficient (Wildman–Crippen LogP) is 1.52. The Balaban J connectivity index is 2.01. The van der Waals surface area contributed by atoms with Crippen molar-refractivity contribution >= 4 is 46.6 Å². The van der Waals surface area contributed by atoms with Gasteiger partial charge in [-0.15, -0.1) is 5.10 Å². The topological polar surface area (TPSA) is 136 Å². The predicted molar refractivity (Wildman–Crippen MR) is 98.6 cm³/mol. The Bertz CT molecular complexity index is 821. The minimum atomic E-state index is -1.02. The van der Waals surface area contributed by atoms with Gasteiger partial charge in [0.15, 0.2) is 3.95 Å². The van der Waals surface area contributed by atoms with E-state index >= 15 is 0 Å². The summed E-state index contributed by atoms with van der Waals surface area (Å²) in [7, 11) is 0. The number of nitrogens with one attached hydrogen (secondary N) is 4. The fourth-order valence-corrected chi connectivity index (χ4v) is 2.83. The van der Waals surface area contributed by atoms with E-state index in [4.69, 9.17) is 17.3 Å². The Labute approximate surface area is 157 Å². The number of amides is 3. The maximum atomic E-state index is 12.3. The molecular formula is C15H17N5O4S2. The molecule has 3 amide bonds. The van der Waals surface area contributed by atoms with E-state index in [9.17, 15) is 14.4 Å². The number of anilines is 1. The number of aromatic nitrogens is 2. The summed E-state index contributed by atoms with van der Waals surface area (Å²) < 4.78 is 0.410. The van der Waals surface area contributed by atoms with Gasteiger partial charge in [0.2, 0.25) is 11.0 Å². The zero-order valence-electron chi connectivity index (χ0n) is 13.5. The molecule has 0 spiro atoms. The molecule has 1 aromatic heterocycles. The third-order valence-electron chi connectivity index (χ3n) is 3.20. The first-order valence-electron chi connectivity index (χ1n) is 7.60. The average Bonchev–Trinajstić information content (AvgIpc) is 2.99. The monoisotopic (exact) mass is 395 g/mol. The Hall–Kier alpha value is -2.79. The van der Waals surface area contributed by atoms with Crippen LogP contribution in [0.1, 0.15) is 12.0 Å². The van der Waals surface area contributed by atoms with Crippen LogP contribution >= 0.6 is 23.6 Å². The molecular weight excluding hydrogens is 378 g/mol. The second-order valence-electron chi connectivity index (χ2n) is 5.19. The lowest BCUT2D eigenvalue weighted by Crippen LogP contribution is -2.49. The lowest BCUT2D eigenvalue weighted by molar-refractivity contribution is -0.137. The van der Waals surface area contributed by atoms with Crippen molar-refractivity contribution < 1.29 is 19.5 Å². The van der Waals surface area contributed by atoms with Crippen molar-refractivity contribution in [3.8, 4) is 0 Å². The number of aromatic amines is 1. The highest BCUT2D eigenvalue weighted by Gasteiger charge is 2.21. The van der Waals surface area contributed by atoms with Crippen LogP contribution in [0.5, 0.6) is 0 Å². The first-order chi connectivity index (χ1) is 12.4. The molecule has 0 saturated heterocycles. The molecule has 26 heavy (non-hydrogen) atoms. The lowest BCUT2D eigenvalue weighted by Gasteiger charge is -2.18. The number of hydrogen-bond acceptors (Lipinski definition) is 6. The summed E-state index contributed by atoms with van der Waals surface area (Å²) in [5, 5.41) is 22.9. The van der Waals surface area contributed by atoms with Gasteiger partial charge >= 0.3 is 12.0 Å². The molecule has 0 fully saturated rings. The highest BCUT2D eigenvalue weighted by Crippen LogP contribution is 2.10. The summed E-state index contributed by atoms with van der Waals surface area (Å²) >= 11 is 5.97. The van der Waals surface area contributed by atoms with E-state index < -0.39 is 23.9 Å². The molecule has 1 aromatic carbocycles. The second kappa shape index (κ2) is 9.63. The Morgan fingerprint density at radius 1 is 1.27 bits per heavy atom. The molecule has 0 aliphatic heterocycles. The standard InChI is InChI=1S/C15H17N5O4S2/c21-11(22)6-7-16-12(23)10(8-9-4-2-1-3-5-9)17-13(24)18-14-19-20-15(25)26-14/h1-5,10H,6-8H2,(H,16,23)(H,20,25)(H,21,22)(H2,17,18,19,24)/t10-/m0/s1. The summed E-state index contributed by atoms with van der Waals surface area (Å²) in [6.45, 7) is -0.0243. The number of carboxylic acid groups (broad SMARTS) is 1. The average molecular weight is 395 g/mol. The number of nitrogens with zero attached hydrogens (tertiary/aromatic N) is 1. The molecule has 2 aromatic rings. The van der Waals surface area contributed by atoms with E-state index in [-0.39, 0.29) is 24.5 Å². The fraction of sp³-hybridized carbons (Fsp3) is 0.267. The number of hydrogen-bond donors (Lipinski definition) is 5. The molecule has 1 atom stereocenters. The minimum Gasteiger partial charge on any atom is -0.481 e. The third kappa shape index (κ3) is 6.61. The maximum absolute atomic E-state index is 12.3. The zero-order chi connectivity index (χ0) is 18.9. The second-order valence-corrected chi connectivity index (χ2v) is 6.86. The third-order valence-corrected chi connectivity index (χ3v) is 4.21. The Morgan fingerprint density at radius 3 is 2.62 bits per heavy atom. The molecule has 9 nitrogen and oxygen atoms in total. The smallest absolute Gasteiger partial charge is 0.321 e. The minimum absolute atomic E-state index is 0.0243. The van der Waals surface area contributed by atoms with Gasteiger partial charge in [0, 0.05) is 13.0 Å². The highest BCUT2D eigenvalue weighted by atomic mass is 32.1. The summed E-state index contributed by atoms with van der Waals surface area (Å²) in [6.07, 6.45) is 0.0516. The Morgan fingerprint density at radius 2 is 2.00 bits per heavy atom. The van der Waals surface area contributed by atoms with E-state index in [1.54, 1.807) is 0 Å². The van der Waals surface area contributed by atoms with E-state index in [0.29, 0.717) is 3.95 Å². The van der Waals surface area contributed by atoms with Gasteiger partial charge in [0.25, 0.3) is 0 Å². The number of benzene rings is 1. The largest absolute Gasteiger partial charge is 0.481 e. The molecule has 11 heteroatoms. The van der Waals surface area contributed by atoms with Crippen LogP contribution in [0.15, 0.2) is 30.3 Å². The van der Waals surface area contributed by atoms with E-state index in [2.05, 4.69) is 26.1 Å². The Kier molecular flexibility index (Phi) is 7.24. The van der Waals surface area contributed by atoms with Crippen molar-refractivity contribution in [3.63, 3.8) is 0 Å². The van der Waals surface area contributed by atoms with Crippen LogP contribution in [0, 0.1) is 3.95 Å². The normalized spacial score (nSPS) is 11.4. The molecule has 5 N–H and O–H groups in total. The number of aliphatic carboxylic acids is 1.